The standard InChI is InChI=1S/C19H13BrN2O5/c1-27-18(25)12-4-2-11(3-5-12)10-15-16(23)21-19(26)22(17(15)24)14-8-6-13(20)7-9-14/h2-10H,1H3,(H,21,23,26)/b15-10+. The number of hydrogen-bond acceptors (Lipinski definition) is 5. The van der Waals surface area contributed by atoms with E-state index < -0.39 is 23.8 Å². The Balaban J connectivity index is 1.94. The number of hydrogen-bond donors (Lipinski definition) is 1. The number of benzene rings is 2. The third kappa shape index (κ3) is 3.80. The third-order valence-corrected chi connectivity index (χ3v) is 4.36. The van der Waals surface area contributed by atoms with Crippen LogP contribution in [0.25, 0.3) is 6.08 Å². The van der Waals surface area contributed by atoms with E-state index in [-0.39, 0.29) is 5.57 Å². The number of carbonyl (C=O) groups is 4. The van der Waals surface area contributed by atoms with Crippen molar-refractivity contribution in [3.63, 3.8) is 0 Å². The van der Waals surface area contributed by atoms with Gasteiger partial charge < -0.3 is 4.74 Å². The highest BCUT2D eigenvalue weighted by Crippen LogP contribution is 2.23. The summed E-state index contributed by atoms with van der Waals surface area (Å²) < 4.78 is 5.41. The molecule has 2 aromatic carbocycles. The molecule has 1 saturated heterocycles. The summed E-state index contributed by atoms with van der Waals surface area (Å²) in [7, 11) is 1.27. The first kappa shape index (κ1) is 18.5. The Kier molecular flexibility index (Phi) is 5.18. The average molecular weight is 429 g/mol. The van der Waals surface area contributed by atoms with Crippen molar-refractivity contribution < 1.29 is 23.9 Å². The minimum Gasteiger partial charge on any atom is -0.465 e. The summed E-state index contributed by atoms with van der Waals surface area (Å²) in [4.78, 5) is 49.4. The molecule has 0 saturated carbocycles. The van der Waals surface area contributed by atoms with Crippen LogP contribution in [-0.2, 0) is 14.3 Å². The number of nitrogens with zero attached hydrogens (tertiary/aromatic N) is 1. The van der Waals surface area contributed by atoms with Crippen LogP contribution in [0.5, 0.6) is 0 Å². The highest BCUT2D eigenvalue weighted by Gasteiger charge is 2.36. The highest BCUT2D eigenvalue weighted by atomic mass is 79.9. The van der Waals surface area contributed by atoms with Crippen LogP contribution in [0, 0.1) is 0 Å². The summed E-state index contributed by atoms with van der Waals surface area (Å²) in [6.07, 6.45) is 1.36. The number of anilines is 1. The minimum atomic E-state index is -0.814. The van der Waals surface area contributed by atoms with E-state index in [1.54, 1.807) is 36.4 Å². The zero-order valence-electron chi connectivity index (χ0n) is 14.1. The molecule has 1 heterocycles. The van der Waals surface area contributed by atoms with E-state index in [1.807, 2.05) is 0 Å². The van der Waals surface area contributed by atoms with Crippen LogP contribution in [-0.4, -0.2) is 30.9 Å². The maximum absolute atomic E-state index is 12.7. The summed E-state index contributed by atoms with van der Waals surface area (Å²) in [5.41, 5.74) is 1.00. The average Bonchev–Trinajstić information content (AvgIpc) is 2.66. The van der Waals surface area contributed by atoms with Crippen LogP contribution in [0.15, 0.2) is 58.6 Å². The van der Waals surface area contributed by atoms with Gasteiger partial charge in [0.25, 0.3) is 11.8 Å². The Morgan fingerprint density at radius 2 is 1.67 bits per heavy atom. The SMILES string of the molecule is COC(=O)c1ccc(/C=C2\C(=O)NC(=O)N(c3ccc(Br)cc3)C2=O)cc1. The van der Waals surface area contributed by atoms with Crippen LogP contribution in [0.2, 0.25) is 0 Å². The molecule has 0 atom stereocenters. The Hall–Kier alpha value is -3.26. The molecule has 8 heteroatoms. The molecule has 1 N–H and O–H groups in total. The Bertz CT molecular complexity index is 965. The fourth-order valence-electron chi connectivity index (χ4n) is 2.48. The maximum atomic E-state index is 12.7. The van der Waals surface area contributed by atoms with E-state index >= 15 is 0 Å². The molecule has 136 valence electrons. The Morgan fingerprint density at radius 3 is 2.26 bits per heavy atom. The predicted octanol–water partition coefficient (Wildman–Crippen LogP) is 2.90. The van der Waals surface area contributed by atoms with E-state index in [1.165, 1.54) is 25.3 Å². The summed E-state index contributed by atoms with van der Waals surface area (Å²) in [5, 5.41) is 2.16. The van der Waals surface area contributed by atoms with Gasteiger partial charge in [-0.1, -0.05) is 28.1 Å². The number of ether oxygens (including phenoxy) is 1. The first-order chi connectivity index (χ1) is 12.9. The number of nitrogens with one attached hydrogen (secondary N) is 1. The molecular formula is C19H13BrN2O5. The summed E-state index contributed by atoms with van der Waals surface area (Å²) >= 11 is 3.28. The first-order valence-electron chi connectivity index (χ1n) is 7.76. The number of barbiturate groups is 1. The number of amides is 4. The molecule has 2 aromatic rings. The lowest BCUT2D eigenvalue weighted by Crippen LogP contribution is -2.54. The summed E-state index contributed by atoms with van der Waals surface area (Å²) in [6.45, 7) is 0. The molecule has 7 nitrogen and oxygen atoms in total. The molecular weight excluding hydrogens is 416 g/mol. The maximum Gasteiger partial charge on any atom is 0.337 e. The topological polar surface area (TPSA) is 92.8 Å². The van der Waals surface area contributed by atoms with Gasteiger partial charge in [-0.15, -0.1) is 0 Å². The molecule has 27 heavy (non-hydrogen) atoms. The van der Waals surface area contributed by atoms with Crippen molar-refractivity contribution in [3.8, 4) is 0 Å². The number of imide groups is 2. The smallest absolute Gasteiger partial charge is 0.337 e. The number of methoxy groups -OCH3 is 1. The molecule has 1 aliphatic rings. The number of esters is 1. The normalized spacial score (nSPS) is 15.7. The summed E-state index contributed by atoms with van der Waals surface area (Å²) in [6, 6.07) is 11.9. The van der Waals surface area contributed by atoms with Gasteiger partial charge in [-0.05, 0) is 48.0 Å². The number of halogens is 1. The largest absolute Gasteiger partial charge is 0.465 e. The van der Waals surface area contributed by atoms with Gasteiger partial charge >= 0.3 is 12.0 Å². The molecule has 3 rings (SSSR count). The molecule has 0 bridgehead atoms. The lowest BCUT2D eigenvalue weighted by Gasteiger charge is -2.26. The van der Waals surface area contributed by atoms with Crippen LogP contribution in [0.4, 0.5) is 10.5 Å². The van der Waals surface area contributed by atoms with Gasteiger partial charge in [0.2, 0.25) is 0 Å². The van der Waals surface area contributed by atoms with Gasteiger partial charge in [0.05, 0.1) is 18.4 Å². The van der Waals surface area contributed by atoms with Crippen molar-refractivity contribution in [2.24, 2.45) is 0 Å². The minimum absolute atomic E-state index is 0.191. The van der Waals surface area contributed by atoms with E-state index in [0.717, 1.165) is 9.37 Å². The van der Waals surface area contributed by atoms with Gasteiger partial charge in [-0.25, -0.2) is 14.5 Å². The number of urea groups is 1. The van der Waals surface area contributed by atoms with Crippen LogP contribution < -0.4 is 10.2 Å². The van der Waals surface area contributed by atoms with E-state index in [9.17, 15) is 19.2 Å². The Morgan fingerprint density at radius 1 is 1.04 bits per heavy atom. The molecule has 1 aliphatic heterocycles. The van der Waals surface area contributed by atoms with Gasteiger partial charge in [0.1, 0.15) is 5.57 Å². The van der Waals surface area contributed by atoms with Crippen LogP contribution in [0.1, 0.15) is 15.9 Å². The third-order valence-electron chi connectivity index (χ3n) is 3.83. The molecule has 4 amide bonds. The van der Waals surface area contributed by atoms with Crippen LogP contribution in [0.3, 0.4) is 0 Å². The second-order valence-electron chi connectivity index (χ2n) is 5.55. The Labute approximate surface area is 162 Å². The van der Waals surface area contributed by atoms with E-state index in [4.69, 9.17) is 0 Å². The zero-order valence-corrected chi connectivity index (χ0v) is 15.6. The summed E-state index contributed by atoms with van der Waals surface area (Å²) in [5.74, 6) is -2.01. The quantitative estimate of drug-likeness (QED) is 0.460. The molecule has 0 unspecified atom stereocenters. The molecule has 0 aromatic heterocycles. The fraction of sp³-hybridized carbons (Fsp3) is 0.0526. The lowest BCUT2D eigenvalue weighted by molar-refractivity contribution is -0.122. The van der Waals surface area contributed by atoms with Crippen molar-refractivity contribution in [1.29, 1.82) is 0 Å². The zero-order chi connectivity index (χ0) is 19.6. The monoisotopic (exact) mass is 428 g/mol. The van der Waals surface area contributed by atoms with Gasteiger partial charge in [0.15, 0.2) is 0 Å². The van der Waals surface area contributed by atoms with Crippen molar-refractivity contribution in [3.05, 3.63) is 69.7 Å². The van der Waals surface area contributed by atoms with E-state index in [2.05, 4.69) is 26.0 Å². The number of rotatable bonds is 3. The van der Waals surface area contributed by atoms with Crippen molar-refractivity contribution in [2.75, 3.05) is 12.0 Å². The van der Waals surface area contributed by atoms with Crippen molar-refractivity contribution in [1.82, 2.24) is 5.32 Å². The van der Waals surface area contributed by atoms with Gasteiger partial charge in [-0.3, -0.25) is 14.9 Å². The second-order valence-corrected chi connectivity index (χ2v) is 6.46. The van der Waals surface area contributed by atoms with Gasteiger partial charge in [0, 0.05) is 4.47 Å². The number of carbonyl (C=O) groups excluding carboxylic acids is 4. The predicted molar refractivity (Wildman–Crippen MR) is 101 cm³/mol. The van der Waals surface area contributed by atoms with E-state index in [0.29, 0.717) is 16.8 Å². The molecule has 0 aliphatic carbocycles. The lowest BCUT2D eigenvalue weighted by atomic mass is 10.1. The molecule has 0 spiro atoms. The van der Waals surface area contributed by atoms with Crippen molar-refractivity contribution in [2.45, 2.75) is 0 Å². The van der Waals surface area contributed by atoms with Gasteiger partial charge in [-0.2, -0.15) is 0 Å². The first-order valence-corrected chi connectivity index (χ1v) is 8.55. The van der Waals surface area contributed by atoms with Crippen molar-refractivity contribution >= 4 is 51.5 Å². The molecule has 0 radical (unpaired) electrons. The highest BCUT2D eigenvalue weighted by molar-refractivity contribution is 9.10. The van der Waals surface area contributed by atoms with Crippen LogP contribution >= 0.6 is 15.9 Å². The molecule has 1 fully saturated rings. The fourth-order valence-corrected chi connectivity index (χ4v) is 2.75. The second kappa shape index (κ2) is 7.55.